The molecule has 5 amide bonds. The summed E-state index contributed by atoms with van der Waals surface area (Å²) in [5.74, 6) is -2.72. The van der Waals surface area contributed by atoms with Crippen LogP contribution in [0, 0.1) is 10.8 Å². The van der Waals surface area contributed by atoms with Crippen LogP contribution in [0.15, 0.2) is 36.9 Å². The lowest BCUT2D eigenvalue weighted by molar-refractivity contribution is -0.150. The molecule has 0 radical (unpaired) electrons. The fraction of sp³-hybridized carbons (Fsp3) is 0.576. The summed E-state index contributed by atoms with van der Waals surface area (Å²) in [5, 5.41) is 10.3. The molecule has 1 aliphatic heterocycles. The van der Waals surface area contributed by atoms with E-state index in [0.29, 0.717) is 18.6 Å². The Morgan fingerprint density at radius 2 is 1.54 bits per heavy atom. The van der Waals surface area contributed by atoms with Gasteiger partial charge in [0.1, 0.15) is 30.5 Å². The highest BCUT2D eigenvalue weighted by Crippen LogP contribution is 2.27. The van der Waals surface area contributed by atoms with Gasteiger partial charge in [-0.3, -0.25) is 19.2 Å². The summed E-state index contributed by atoms with van der Waals surface area (Å²) in [5.41, 5.74) is -0.773. The lowest BCUT2D eigenvalue weighted by Gasteiger charge is -2.36. The first kappa shape index (κ1) is 37.8. The third-order valence-electron chi connectivity index (χ3n) is 7.53. The largest absolute Gasteiger partial charge is 0.497 e. The van der Waals surface area contributed by atoms with Gasteiger partial charge >= 0.3 is 12.0 Å². The Morgan fingerprint density at radius 1 is 0.957 bits per heavy atom. The minimum atomic E-state index is -1.11. The maximum absolute atomic E-state index is 13.9. The van der Waals surface area contributed by atoms with E-state index in [9.17, 15) is 28.8 Å². The predicted octanol–water partition coefficient (Wildman–Crippen LogP) is 2.23. The summed E-state index contributed by atoms with van der Waals surface area (Å²) >= 11 is 0. The lowest BCUT2D eigenvalue weighted by atomic mass is 9.85. The molecule has 4 N–H and O–H groups in total. The Bertz CT molecular complexity index is 1280. The Kier molecular flexibility index (Phi) is 13.3. The van der Waals surface area contributed by atoms with Crippen LogP contribution in [-0.4, -0.2) is 84.8 Å². The average molecular weight is 644 g/mol. The summed E-state index contributed by atoms with van der Waals surface area (Å²) in [6, 6.07) is 2.15. The van der Waals surface area contributed by atoms with E-state index in [1.807, 2.05) is 0 Å². The second-order valence-electron chi connectivity index (χ2n) is 13.5. The zero-order valence-corrected chi connectivity index (χ0v) is 28.2. The topological polar surface area (TPSA) is 172 Å². The fourth-order valence-electron chi connectivity index (χ4n) is 4.83. The predicted molar refractivity (Wildman–Crippen MR) is 171 cm³/mol. The van der Waals surface area contributed by atoms with E-state index >= 15 is 0 Å². The zero-order chi connectivity index (χ0) is 34.8. The monoisotopic (exact) mass is 643 g/mol. The third kappa shape index (κ3) is 10.6. The number of nitrogens with zero attached hydrogens (tertiary/aromatic N) is 1. The number of rotatable bonds is 13. The molecule has 2 rings (SSSR count). The summed E-state index contributed by atoms with van der Waals surface area (Å²) in [6.07, 6.45) is 2.30. The molecule has 1 heterocycles. The van der Waals surface area contributed by atoms with Crippen molar-refractivity contribution in [2.45, 2.75) is 92.1 Å². The van der Waals surface area contributed by atoms with Crippen LogP contribution in [0.2, 0.25) is 0 Å². The third-order valence-corrected chi connectivity index (χ3v) is 7.53. The van der Waals surface area contributed by atoms with Crippen LogP contribution in [0.4, 0.5) is 4.79 Å². The van der Waals surface area contributed by atoms with Gasteiger partial charge in [-0.2, -0.15) is 0 Å². The number of benzene rings is 1. The van der Waals surface area contributed by atoms with Crippen molar-refractivity contribution in [3.8, 4) is 5.75 Å². The van der Waals surface area contributed by atoms with Crippen LogP contribution in [-0.2, 0) is 35.3 Å². The van der Waals surface area contributed by atoms with Gasteiger partial charge in [-0.25, -0.2) is 9.59 Å². The van der Waals surface area contributed by atoms with Gasteiger partial charge in [0.2, 0.25) is 17.6 Å². The molecule has 4 atom stereocenters. The number of Topliss-reactive ketones (excluding diaryl/α,β-unsaturated/α-hetero) is 1. The van der Waals surface area contributed by atoms with Crippen molar-refractivity contribution in [2.75, 3.05) is 20.2 Å². The number of amides is 5. The molecule has 1 aromatic rings. The standard InChI is InChI=1S/C33H49N5O8/c1-10-17-34-28(41)24(39)20(2)35-27(40)23-12-11-18-38(23)29(42)25(32(3,4)5)36-31(44)37-26(33(6,7)8)30(43)46-19-21-13-15-22(45-9)16-14-21/h10,13-16,20,23,25-26H,1,11-12,17-19H2,2-9H3,(H,34,41)(H,35,40)(H2,36,37,44)/t20?,23-,25?,26?/m0/s1. The lowest BCUT2D eigenvalue weighted by Crippen LogP contribution is -2.61. The van der Waals surface area contributed by atoms with E-state index in [2.05, 4.69) is 27.8 Å². The van der Waals surface area contributed by atoms with Crippen molar-refractivity contribution < 1.29 is 38.2 Å². The van der Waals surface area contributed by atoms with E-state index in [-0.39, 0.29) is 19.7 Å². The van der Waals surface area contributed by atoms with Gasteiger partial charge < -0.3 is 35.6 Å². The number of methoxy groups -OCH3 is 1. The summed E-state index contributed by atoms with van der Waals surface area (Å²) in [7, 11) is 1.55. The highest BCUT2D eigenvalue weighted by Gasteiger charge is 2.43. The van der Waals surface area contributed by atoms with Crippen molar-refractivity contribution in [2.24, 2.45) is 10.8 Å². The van der Waals surface area contributed by atoms with Gasteiger partial charge in [0.25, 0.3) is 5.91 Å². The molecule has 46 heavy (non-hydrogen) atoms. The first-order valence-electron chi connectivity index (χ1n) is 15.3. The Balaban J connectivity index is 2.12. The number of esters is 1. The molecule has 0 spiro atoms. The summed E-state index contributed by atoms with van der Waals surface area (Å²) in [4.78, 5) is 79.3. The van der Waals surface area contributed by atoms with Crippen LogP contribution < -0.4 is 26.0 Å². The Morgan fingerprint density at radius 3 is 2.09 bits per heavy atom. The number of likely N-dealkylation sites (tertiary alicyclic amines) is 1. The number of carbonyl (C=O) groups is 6. The van der Waals surface area contributed by atoms with E-state index in [1.54, 1.807) is 72.9 Å². The van der Waals surface area contributed by atoms with E-state index in [4.69, 9.17) is 9.47 Å². The first-order chi connectivity index (χ1) is 21.4. The molecule has 1 saturated heterocycles. The first-order valence-corrected chi connectivity index (χ1v) is 15.3. The minimum Gasteiger partial charge on any atom is -0.497 e. The molecule has 1 aromatic carbocycles. The van der Waals surface area contributed by atoms with Gasteiger partial charge in [0.15, 0.2) is 0 Å². The highest BCUT2D eigenvalue weighted by molar-refractivity contribution is 6.38. The molecule has 0 aliphatic carbocycles. The number of ether oxygens (including phenoxy) is 2. The number of hydrogen-bond donors (Lipinski definition) is 4. The SMILES string of the molecule is C=CCNC(=O)C(=O)C(C)NC(=O)[C@@H]1CCCN1C(=O)C(NC(=O)NC(C(=O)OCc1ccc(OC)cc1)C(C)(C)C)C(C)(C)C. The highest BCUT2D eigenvalue weighted by atomic mass is 16.5. The second-order valence-corrected chi connectivity index (χ2v) is 13.5. The zero-order valence-electron chi connectivity index (χ0n) is 28.2. The smallest absolute Gasteiger partial charge is 0.329 e. The van der Waals surface area contributed by atoms with Crippen LogP contribution in [0.1, 0.15) is 66.9 Å². The van der Waals surface area contributed by atoms with Crippen LogP contribution in [0.25, 0.3) is 0 Å². The quantitative estimate of drug-likeness (QED) is 0.144. The van der Waals surface area contributed by atoms with Crippen LogP contribution in [0.5, 0.6) is 5.75 Å². The fourth-order valence-corrected chi connectivity index (χ4v) is 4.83. The number of hydrogen-bond acceptors (Lipinski definition) is 8. The molecule has 13 heteroatoms. The van der Waals surface area contributed by atoms with Crippen LogP contribution in [0.3, 0.4) is 0 Å². The number of urea groups is 1. The van der Waals surface area contributed by atoms with Crippen molar-refractivity contribution in [1.29, 1.82) is 0 Å². The Labute approximate surface area is 271 Å². The molecule has 1 fully saturated rings. The van der Waals surface area contributed by atoms with Gasteiger partial charge in [0.05, 0.1) is 13.2 Å². The van der Waals surface area contributed by atoms with Gasteiger partial charge in [-0.15, -0.1) is 6.58 Å². The van der Waals surface area contributed by atoms with Crippen molar-refractivity contribution in [3.63, 3.8) is 0 Å². The maximum Gasteiger partial charge on any atom is 0.329 e. The molecule has 0 bridgehead atoms. The van der Waals surface area contributed by atoms with Crippen molar-refractivity contribution in [1.82, 2.24) is 26.2 Å². The average Bonchev–Trinajstić information content (AvgIpc) is 3.49. The van der Waals surface area contributed by atoms with Crippen molar-refractivity contribution >= 4 is 35.5 Å². The van der Waals surface area contributed by atoms with Crippen molar-refractivity contribution in [3.05, 3.63) is 42.5 Å². The number of carbonyl (C=O) groups excluding carboxylic acids is 6. The van der Waals surface area contributed by atoms with E-state index < -0.39 is 70.5 Å². The van der Waals surface area contributed by atoms with Gasteiger partial charge in [0, 0.05) is 13.1 Å². The summed E-state index contributed by atoms with van der Waals surface area (Å²) in [6.45, 7) is 15.9. The molecule has 0 saturated carbocycles. The molecule has 3 unspecified atom stereocenters. The van der Waals surface area contributed by atoms with E-state index in [1.165, 1.54) is 17.9 Å². The van der Waals surface area contributed by atoms with Crippen LogP contribution >= 0.6 is 0 Å². The van der Waals surface area contributed by atoms with E-state index in [0.717, 1.165) is 5.56 Å². The molecular weight excluding hydrogens is 594 g/mol. The van der Waals surface area contributed by atoms with Gasteiger partial charge in [-0.05, 0) is 48.3 Å². The summed E-state index contributed by atoms with van der Waals surface area (Å²) < 4.78 is 10.7. The molecule has 13 nitrogen and oxygen atoms in total. The molecule has 0 aromatic heterocycles. The minimum absolute atomic E-state index is 0.00999. The Hall–Kier alpha value is -4.42. The number of nitrogens with one attached hydrogen (secondary N) is 4. The molecule has 1 aliphatic rings. The second kappa shape index (κ2) is 16.2. The molecular formula is C33H49N5O8. The molecule has 254 valence electrons. The number of ketones is 1. The maximum atomic E-state index is 13.9. The van der Waals surface area contributed by atoms with Gasteiger partial charge in [-0.1, -0.05) is 59.8 Å². The normalized spacial score (nSPS) is 16.7.